The normalized spacial score (nSPS) is 10.7. The van der Waals surface area contributed by atoms with Crippen LogP contribution in [0.4, 0.5) is 13.2 Å². The molecule has 0 bridgehead atoms. The van der Waals surface area contributed by atoms with E-state index in [1.54, 1.807) is 24.3 Å². The zero-order chi connectivity index (χ0) is 15.5. The molecule has 0 amide bonds. The zero-order valence-electron chi connectivity index (χ0n) is 11.2. The molecule has 0 saturated carbocycles. The van der Waals surface area contributed by atoms with Gasteiger partial charge >= 0.3 is 6.18 Å². The Hall–Kier alpha value is -2.54. The number of alkyl halides is 3. The molecule has 0 unspecified atom stereocenters. The standard InChI is InChI=1S/C17H11F3O/c1-12(21)14-9-6-13(7-10-14)8-11-15-4-2-3-5-16(15)17(18,19)20/h2-7,9-10H,1H3. The summed E-state index contributed by atoms with van der Waals surface area (Å²) in [4.78, 5) is 11.1. The predicted octanol–water partition coefficient (Wildman–Crippen LogP) is 4.31. The molecule has 0 fully saturated rings. The van der Waals surface area contributed by atoms with Gasteiger partial charge in [0.15, 0.2) is 5.78 Å². The van der Waals surface area contributed by atoms with E-state index in [4.69, 9.17) is 0 Å². The smallest absolute Gasteiger partial charge is 0.295 e. The van der Waals surface area contributed by atoms with Crippen molar-refractivity contribution in [1.29, 1.82) is 0 Å². The number of carbonyl (C=O) groups excluding carboxylic acids is 1. The second-order valence-electron chi connectivity index (χ2n) is 4.43. The molecule has 0 saturated heterocycles. The molecule has 0 aliphatic carbocycles. The van der Waals surface area contributed by atoms with Crippen LogP contribution in [0.25, 0.3) is 0 Å². The summed E-state index contributed by atoms with van der Waals surface area (Å²) in [6.07, 6.45) is -4.43. The molecule has 0 radical (unpaired) electrons. The average Bonchev–Trinajstić information content (AvgIpc) is 2.45. The van der Waals surface area contributed by atoms with Gasteiger partial charge in [-0.1, -0.05) is 36.1 Å². The third kappa shape index (κ3) is 3.73. The van der Waals surface area contributed by atoms with Crippen LogP contribution >= 0.6 is 0 Å². The van der Waals surface area contributed by atoms with Gasteiger partial charge in [0.25, 0.3) is 0 Å². The summed E-state index contributed by atoms with van der Waals surface area (Å²) in [5, 5.41) is 0. The molecule has 1 nitrogen and oxygen atoms in total. The van der Waals surface area contributed by atoms with Gasteiger partial charge in [0.2, 0.25) is 0 Å². The van der Waals surface area contributed by atoms with Crippen molar-refractivity contribution in [3.8, 4) is 11.8 Å². The van der Waals surface area contributed by atoms with E-state index in [1.165, 1.54) is 25.1 Å². The van der Waals surface area contributed by atoms with Crippen molar-refractivity contribution >= 4 is 5.78 Å². The topological polar surface area (TPSA) is 17.1 Å². The predicted molar refractivity (Wildman–Crippen MR) is 73.9 cm³/mol. The van der Waals surface area contributed by atoms with Crippen molar-refractivity contribution in [3.05, 3.63) is 70.8 Å². The van der Waals surface area contributed by atoms with Crippen LogP contribution in [0.2, 0.25) is 0 Å². The molecule has 0 N–H and O–H groups in total. The minimum absolute atomic E-state index is 0.0688. The van der Waals surface area contributed by atoms with Crippen molar-refractivity contribution in [2.45, 2.75) is 13.1 Å². The molecule has 0 heterocycles. The van der Waals surface area contributed by atoms with Gasteiger partial charge in [-0.05, 0) is 31.2 Å². The van der Waals surface area contributed by atoms with E-state index >= 15 is 0 Å². The third-order valence-electron chi connectivity index (χ3n) is 2.87. The largest absolute Gasteiger partial charge is 0.417 e. The van der Waals surface area contributed by atoms with Crippen molar-refractivity contribution in [2.24, 2.45) is 0 Å². The second-order valence-corrected chi connectivity index (χ2v) is 4.43. The summed E-state index contributed by atoms with van der Waals surface area (Å²) < 4.78 is 38.4. The van der Waals surface area contributed by atoms with Crippen molar-refractivity contribution in [2.75, 3.05) is 0 Å². The van der Waals surface area contributed by atoms with E-state index in [9.17, 15) is 18.0 Å². The Morgan fingerprint density at radius 1 is 0.952 bits per heavy atom. The van der Waals surface area contributed by atoms with Crippen molar-refractivity contribution < 1.29 is 18.0 Å². The summed E-state index contributed by atoms with van der Waals surface area (Å²) >= 11 is 0. The first kappa shape index (κ1) is 14.9. The van der Waals surface area contributed by atoms with Crippen LogP contribution in [-0.4, -0.2) is 5.78 Å². The Labute approximate surface area is 120 Å². The Balaban J connectivity index is 2.34. The van der Waals surface area contributed by atoms with Gasteiger partial charge in [0, 0.05) is 16.7 Å². The Bertz CT molecular complexity index is 716. The van der Waals surface area contributed by atoms with Crippen LogP contribution in [-0.2, 0) is 6.18 Å². The first-order valence-corrected chi connectivity index (χ1v) is 6.17. The van der Waals surface area contributed by atoms with Crippen LogP contribution < -0.4 is 0 Å². The van der Waals surface area contributed by atoms with Gasteiger partial charge in [-0.2, -0.15) is 13.2 Å². The molecule has 2 rings (SSSR count). The number of rotatable bonds is 1. The Morgan fingerprint density at radius 3 is 2.14 bits per heavy atom. The molecule has 2 aromatic rings. The minimum atomic E-state index is -4.43. The lowest BCUT2D eigenvalue weighted by Gasteiger charge is -2.08. The van der Waals surface area contributed by atoms with Gasteiger partial charge in [-0.15, -0.1) is 0 Å². The number of ketones is 1. The SMILES string of the molecule is CC(=O)c1ccc(C#Cc2ccccc2C(F)(F)F)cc1. The second kappa shape index (κ2) is 5.84. The lowest BCUT2D eigenvalue weighted by molar-refractivity contribution is -0.137. The molecular formula is C17H11F3O. The number of hydrogen-bond donors (Lipinski definition) is 0. The van der Waals surface area contributed by atoms with E-state index in [0.717, 1.165) is 6.07 Å². The van der Waals surface area contributed by atoms with E-state index in [-0.39, 0.29) is 11.3 Å². The third-order valence-corrected chi connectivity index (χ3v) is 2.87. The molecule has 0 aliphatic heterocycles. The maximum atomic E-state index is 12.8. The molecule has 21 heavy (non-hydrogen) atoms. The molecule has 0 spiro atoms. The fraction of sp³-hybridized carbons (Fsp3) is 0.118. The van der Waals surface area contributed by atoms with E-state index in [1.807, 2.05) is 0 Å². The van der Waals surface area contributed by atoms with Crippen LogP contribution in [0.15, 0.2) is 48.5 Å². The summed E-state index contributed by atoms with van der Waals surface area (Å²) in [5.41, 5.74) is 0.270. The Morgan fingerprint density at radius 2 is 1.57 bits per heavy atom. The summed E-state index contributed by atoms with van der Waals surface area (Å²) in [5.74, 6) is 5.14. The van der Waals surface area contributed by atoms with Gasteiger partial charge in [-0.25, -0.2) is 0 Å². The fourth-order valence-corrected chi connectivity index (χ4v) is 1.77. The van der Waals surface area contributed by atoms with Gasteiger partial charge in [-0.3, -0.25) is 4.79 Å². The van der Waals surface area contributed by atoms with E-state index < -0.39 is 11.7 Å². The summed E-state index contributed by atoms with van der Waals surface area (Å²) in [7, 11) is 0. The highest BCUT2D eigenvalue weighted by molar-refractivity contribution is 5.94. The molecule has 0 aromatic heterocycles. The van der Waals surface area contributed by atoms with Crippen LogP contribution in [0, 0.1) is 11.8 Å². The highest BCUT2D eigenvalue weighted by Gasteiger charge is 2.32. The minimum Gasteiger partial charge on any atom is -0.295 e. The number of carbonyl (C=O) groups is 1. The number of benzene rings is 2. The monoisotopic (exact) mass is 288 g/mol. The van der Waals surface area contributed by atoms with Crippen molar-refractivity contribution in [3.63, 3.8) is 0 Å². The average molecular weight is 288 g/mol. The highest BCUT2D eigenvalue weighted by atomic mass is 19.4. The van der Waals surface area contributed by atoms with Gasteiger partial charge in [0.1, 0.15) is 0 Å². The van der Waals surface area contributed by atoms with Crippen LogP contribution in [0.1, 0.15) is 34.0 Å². The molecule has 4 heteroatoms. The van der Waals surface area contributed by atoms with Gasteiger partial charge in [0.05, 0.1) is 5.56 Å². The van der Waals surface area contributed by atoms with Crippen LogP contribution in [0.3, 0.4) is 0 Å². The number of halogens is 3. The number of hydrogen-bond acceptors (Lipinski definition) is 1. The van der Waals surface area contributed by atoms with Crippen LogP contribution in [0.5, 0.6) is 0 Å². The summed E-state index contributed by atoms with van der Waals surface area (Å²) in [6.45, 7) is 1.44. The maximum absolute atomic E-state index is 12.8. The lowest BCUT2D eigenvalue weighted by atomic mass is 10.1. The molecular weight excluding hydrogens is 277 g/mol. The first-order chi connectivity index (χ1) is 9.88. The fourth-order valence-electron chi connectivity index (χ4n) is 1.77. The van der Waals surface area contributed by atoms with Gasteiger partial charge < -0.3 is 0 Å². The lowest BCUT2D eigenvalue weighted by Crippen LogP contribution is -2.07. The number of Topliss-reactive ketones (excluding diaryl/α,β-unsaturated/α-hetero) is 1. The quantitative estimate of drug-likeness (QED) is 0.564. The molecule has 0 aliphatic rings. The molecule has 0 atom stereocenters. The Kier molecular flexibility index (Phi) is 4.13. The highest BCUT2D eigenvalue weighted by Crippen LogP contribution is 2.31. The molecule has 2 aromatic carbocycles. The maximum Gasteiger partial charge on any atom is 0.417 e. The zero-order valence-corrected chi connectivity index (χ0v) is 11.2. The van der Waals surface area contributed by atoms with E-state index in [0.29, 0.717) is 11.1 Å². The molecule has 106 valence electrons. The van der Waals surface area contributed by atoms with Crippen molar-refractivity contribution in [1.82, 2.24) is 0 Å². The van der Waals surface area contributed by atoms with E-state index in [2.05, 4.69) is 11.8 Å². The first-order valence-electron chi connectivity index (χ1n) is 6.17. The summed E-state index contributed by atoms with van der Waals surface area (Å²) in [6, 6.07) is 11.6.